The lowest BCUT2D eigenvalue weighted by molar-refractivity contribution is -0.152. The average Bonchev–Trinajstić information content (AvgIpc) is 2.68. The van der Waals surface area contributed by atoms with Crippen molar-refractivity contribution in [2.75, 3.05) is 6.61 Å². The van der Waals surface area contributed by atoms with E-state index in [9.17, 15) is 15.0 Å². The number of ether oxygens (including phenoxy) is 1. The van der Waals surface area contributed by atoms with Gasteiger partial charge in [0.2, 0.25) is 0 Å². The molecule has 178 valence electrons. The van der Waals surface area contributed by atoms with Gasteiger partial charge in [-0.25, -0.2) is 0 Å². The van der Waals surface area contributed by atoms with Gasteiger partial charge in [-0.05, 0) is 79.5 Å². The van der Waals surface area contributed by atoms with Crippen LogP contribution in [0, 0.1) is 22.7 Å². The van der Waals surface area contributed by atoms with Crippen molar-refractivity contribution in [1.82, 2.24) is 0 Å². The van der Waals surface area contributed by atoms with Crippen LogP contribution in [0.5, 0.6) is 11.5 Å². The topological polar surface area (TPSA) is 66.8 Å². The van der Waals surface area contributed by atoms with Crippen LogP contribution in [0.15, 0.2) is 23.8 Å². The molecule has 2 N–H and O–H groups in total. The molecule has 2 bridgehead atoms. The molecule has 1 aromatic carbocycles. The van der Waals surface area contributed by atoms with Crippen LogP contribution in [-0.4, -0.2) is 22.8 Å². The molecule has 1 aromatic rings. The van der Waals surface area contributed by atoms with Crippen LogP contribution in [0.4, 0.5) is 0 Å². The molecule has 32 heavy (non-hydrogen) atoms. The van der Waals surface area contributed by atoms with E-state index >= 15 is 0 Å². The van der Waals surface area contributed by atoms with Gasteiger partial charge in [-0.15, -0.1) is 0 Å². The first-order chi connectivity index (χ1) is 14.7. The highest BCUT2D eigenvalue weighted by Gasteiger charge is 2.56. The molecule has 1 unspecified atom stereocenters. The van der Waals surface area contributed by atoms with E-state index in [1.807, 2.05) is 32.9 Å². The summed E-state index contributed by atoms with van der Waals surface area (Å²) in [7, 11) is 0. The van der Waals surface area contributed by atoms with E-state index in [0.717, 1.165) is 36.8 Å². The summed E-state index contributed by atoms with van der Waals surface area (Å²) in [6, 6.07) is 3.69. The Morgan fingerprint density at radius 2 is 1.72 bits per heavy atom. The molecular weight excluding hydrogens is 400 g/mol. The number of carbonyl (C=O) groups is 1. The predicted octanol–water partition coefficient (Wildman–Crippen LogP) is 6.84. The zero-order valence-electron chi connectivity index (χ0n) is 21.2. The maximum Gasteiger partial charge on any atom is 0.311 e. The van der Waals surface area contributed by atoms with Crippen LogP contribution < -0.4 is 0 Å². The Bertz CT molecular complexity index is 877. The predicted molar refractivity (Wildman–Crippen MR) is 129 cm³/mol. The highest BCUT2D eigenvalue weighted by molar-refractivity contribution is 5.75. The third-order valence-electron chi connectivity index (χ3n) is 8.01. The summed E-state index contributed by atoms with van der Waals surface area (Å²) in [6.45, 7) is 16.8. The maximum absolute atomic E-state index is 12.3. The van der Waals surface area contributed by atoms with Crippen molar-refractivity contribution in [1.29, 1.82) is 0 Å². The quantitative estimate of drug-likeness (QED) is 0.358. The van der Waals surface area contributed by atoms with Gasteiger partial charge in [0.25, 0.3) is 0 Å². The van der Waals surface area contributed by atoms with Crippen LogP contribution >= 0.6 is 0 Å². The number of hydrogen-bond acceptors (Lipinski definition) is 4. The third kappa shape index (κ3) is 4.43. The molecule has 0 amide bonds. The van der Waals surface area contributed by atoms with E-state index in [0.29, 0.717) is 17.4 Å². The molecule has 1 fully saturated rings. The third-order valence-corrected chi connectivity index (χ3v) is 8.01. The number of hydrogen-bond donors (Lipinski definition) is 2. The first-order valence-corrected chi connectivity index (χ1v) is 12.1. The maximum atomic E-state index is 12.3. The molecule has 4 heteroatoms. The summed E-state index contributed by atoms with van der Waals surface area (Å²) in [5.74, 6) is 0.735. The van der Waals surface area contributed by atoms with Crippen molar-refractivity contribution in [3.05, 3.63) is 34.9 Å². The van der Waals surface area contributed by atoms with Crippen molar-refractivity contribution in [3.63, 3.8) is 0 Å². The van der Waals surface area contributed by atoms with Crippen molar-refractivity contribution in [2.45, 2.75) is 92.4 Å². The van der Waals surface area contributed by atoms with E-state index in [2.05, 4.69) is 40.7 Å². The second kappa shape index (κ2) is 8.43. The first kappa shape index (κ1) is 24.7. The van der Waals surface area contributed by atoms with Crippen LogP contribution in [-0.2, 0) is 14.9 Å². The fourth-order valence-corrected chi connectivity index (χ4v) is 5.58. The summed E-state index contributed by atoms with van der Waals surface area (Å²) >= 11 is 0. The van der Waals surface area contributed by atoms with Gasteiger partial charge in [0.15, 0.2) is 0 Å². The standard InChI is InChI=1S/C28H42O4/c1-9-10-11-27(5,6)18-13-22(29)24(23(30)14-18)19-12-17(16-32-25(31)26(2,3)4)20-15-21(19)28(20,7)8/h12-14,19-21,29-30H,9-11,15-16H2,1-8H3/t19?,20-,21+/m1/s1. The van der Waals surface area contributed by atoms with E-state index in [4.69, 9.17) is 4.74 Å². The highest BCUT2D eigenvalue weighted by atomic mass is 16.5. The largest absolute Gasteiger partial charge is 0.507 e. The van der Waals surface area contributed by atoms with Gasteiger partial charge in [0, 0.05) is 11.5 Å². The van der Waals surface area contributed by atoms with E-state index < -0.39 is 5.41 Å². The van der Waals surface area contributed by atoms with Crippen LogP contribution in [0.3, 0.4) is 0 Å². The van der Waals surface area contributed by atoms with Crippen molar-refractivity contribution in [3.8, 4) is 11.5 Å². The molecule has 3 aliphatic carbocycles. The number of carbonyl (C=O) groups excluding carboxylic acids is 1. The van der Waals surface area contributed by atoms with Crippen LogP contribution in [0.2, 0.25) is 0 Å². The lowest BCUT2D eigenvalue weighted by atomic mass is 9.45. The molecule has 3 atom stereocenters. The minimum atomic E-state index is -0.538. The minimum absolute atomic E-state index is 0.0286. The summed E-state index contributed by atoms with van der Waals surface area (Å²) in [6.07, 6.45) is 6.35. The lowest BCUT2D eigenvalue weighted by Crippen LogP contribution is -2.52. The fourth-order valence-electron chi connectivity index (χ4n) is 5.58. The molecule has 0 heterocycles. The van der Waals surface area contributed by atoms with Crippen LogP contribution in [0.1, 0.15) is 98.1 Å². The Kier molecular flexibility index (Phi) is 6.49. The van der Waals surface area contributed by atoms with Gasteiger partial charge in [0.1, 0.15) is 18.1 Å². The molecule has 4 rings (SSSR count). The fraction of sp³-hybridized carbons (Fsp3) is 0.679. The monoisotopic (exact) mass is 442 g/mol. The summed E-state index contributed by atoms with van der Waals surface area (Å²) < 4.78 is 5.65. The van der Waals surface area contributed by atoms with Crippen molar-refractivity contribution in [2.24, 2.45) is 22.7 Å². The lowest BCUT2D eigenvalue weighted by Gasteiger charge is -2.59. The van der Waals surface area contributed by atoms with E-state index in [1.165, 1.54) is 0 Å². The van der Waals surface area contributed by atoms with Crippen LogP contribution in [0.25, 0.3) is 0 Å². The molecule has 1 saturated carbocycles. The number of esters is 1. The number of phenolic OH excluding ortho intramolecular Hbond substituents is 2. The molecule has 0 aliphatic heterocycles. The summed E-state index contributed by atoms with van der Waals surface area (Å²) in [5, 5.41) is 22.1. The zero-order valence-corrected chi connectivity index (χ0v) is 21.2. The van der Waals surface area contributed by atoms with Gasteiger partial charge in [0.05, 0.1) is 5.41 Å². The molecule has 0 aromatic heterocycles. The normalized spacial score (nSPS) is 24.5. The number of allylic oxidation sites excluding steroid dienone is 1. The first-order valence-electron chi connectivity index (χ1n) is 12.1. The second-order valence-electron chi connectivity index (χ2n) is 12.2. The molecule has 3 aliphatic rings. The number of rotatable bonds is 7. The summed E-state index contributed by atoms with van der Waals surface area (Å²) in [5.41, 5.74) is 2.06. The second-order valence-corrected chi connectivity index (χ2v) is 12.2. The molecule has 0 spiro atoms. The van der Waals surface area contributed by atoms with Crippen molar-refractivity contribution >= 4 is 5.97 Å². The van der Waals surface area contributed by atoms with Gasteiger partial charge in [-0.3, -0.25) is 4.79 Å². The Hall–Kier alpha value is -1.97. The Morgan fingerprint density at radius 3 is 2.22 bits per heavy atom. The molecular formula is C28H42O4. The molecule has 0 radical (unpaired) electrons. The van der Waals surface area contributed by atoms with E-state index in [-0.39, 0.29) is 40.8 Å². The highest BCUT2D eigenvalue weighted by Crippen LogP contribution is 2.65. The Morgan fingerprint density at radius 1 is 1.12 bits per heavy atom. The van der Waals surface area contributed by atoms with Gasteiger partial charge < -0.3 is 14.9 Å². The van der Waals surface area contributed by atoms with E-state index in [1.54, 1.807) is 0 Å². The number of aromatic hydroxyl groups is 2. The van der Waals surface area contributed by atoms with Gasteiger partial charge in [-0.1, -0.05) is 53.5 Å². The zero-order chi connectivity index (χ0) is 24.1. The van der Waals surface area contributed by atoms with Gasteiger partial charge >= 0.3 is 5.97 Å². The van der Waals surface area contributed by atoms with Gasteiger partial charge in [-0.2, -0.15) is 0 Å². The molecule has 0 saturated heterocycles. The Labute approximate surface area is 194 Å². The number of phenols is 2. The number of unbranched alkanes of at least 4 members (excludes halogenated alkanes) is 1. The Balaban J connectivity index is 1.93. The number of benzene rings is 1. The minimum Gasteiger partial charge on any atom is -0.507 e. The summed E-state index contributed by atoms with van der Waals surface area (Å²) in [4.78, 5) is 12.3. The average molecular weight is 443 g/mol. The van der Waals surface area contributed by atoms with Crippen molar-refractivity contribution < 1.29 is 19.7 Å². The smallest absolute Gasteiger partial charge is 0.311 e. The molecule has 4 nitrogen and oxygen atoms in total. The SMILES string of the molecule is CCCCC(C)(C)c1cc(O)c(C2C=C(COC(=O)C(C)(C)C)[C@H]3C[C@@H]2C3(C)C)c(O)c1. The number of fused-ring (bicyclic) bond motifs is 1.